The Labute approximate surface area is 174 Å². The molecule has 8 heteroatoms. The summed E-state index contributed by atoms with van der Waals surface area (Å²) in [5.74, 6) is 0.897. The zero-order valence-electron chi connectivity index (χ0n) is 17.0. The fraction of sp³-hybridized carbons (Fsp3) is 0.182. The standard InChI is InChI=1S/C22H24N4O4/c1-22(2,3)26(21(28)29)15-5-4-6-17(11-15)30-20-12-19(18(23)13-24-20)25-14-7-9-16(27)10-8-14/h4-13,27H,23H2,1-3H3,(H,24,25)(H,28,29). The van der Waals surface area contributed by atoms with Crippen molar-refractivity contribution in [3.8, 4) is 17.4 Å². The molecule has 0 aliphatic carbocycles. The summed E-state index contributed by atoms with van der Waals surface area (Å²) in [4.78, 5) is 17.2. The molecule has 0 aliphatic rings. The van der Waals surface area contributed by atoms with Gasteiger partial charge >= 0.3 is 6.09 Å². The van der Waals surface area contributed by atoms with Crippen LogP contribution < -0.4 is 20.7 Å². The van der Waals surface area contributed by atoms with Crippen molar-refractivity contribution in [2.75, 3.05) is 16.0 Å². The molecule has 0 spiro atoms. The van der Waals surface area contributed by atoms with E-state index in [9.17, 15) is 15.0 Å². The molecule has 0 saturated carbocycles. The maximum atomic E-state index is 11.7. The lowest BCUT2D eigenvalue weighted by Crippen LogP contribution is -2.45. The van der Waals surface area contributed by atoms with Crippen LogP contribution in [0, 0.1) is 0 Å². The first-order chi connectivity index (χ1) is 14.1. The number of hydrogen-bond donors (Lipinski definition) is 4. The smallest absolute Gasteiger partial charge is 0.412 e. The summed E-state index contributed by atoms with van der Waals surface area (Å²) in [6, 6.07) is 15.0. The molecule has 156 valence electrons. The van der Waals surface area contributed by atoms with Gasteiger partial charge < -0.3 is 26.0 Å². The van der Waals surface area contributed by atoms with Gasteiger partial charge in [0, 0.05) is 23.4 Å². The molecular weight excluding hydrogens is 384 g/mol. The van der Waals surface area contributed by atoms with Crippen LogP contribution in [0.3, 0.4) is 0 Å². The molecule has 8 nitrogen and oxygen atoms in total. The molecule has 0 fully saturated rings. The number of aromatic nitrogens is 1. The molecule has 0 radical (unpaired) electrons. The highest BCUT2D eigenvalue weighted by Gasteiger charge is 2.28. The molecule has 3 rings (SSSR count). The van der Waals surface area contributed by atoms with Gasteiger partial charge in [0.1, 0.15) is 11.5 Å². The largest absolute Gasteiger partial charge is 0.508 e. The Morgan fingerprint density at radius 3 is 2.47 bits per heavy atom. The highest BCUT2D eigenvalue weighted by Crippen LogP contribution is 2.32. The van der Waals surface area contributed by atoms with Crippen molar-refractivity contribution >= 4 is 28.8 Å². The van der Waals surface area contributed by atoms with Crippen LogP contribution in [-0.4, -0.2) is 26.8 Å². The summed E-state index contributed by atoms with van der Waals surface area (Å²) in [6.07, 6.45) is 0.423. The number of phenols is 1. The number of ether oxygens (including phenoxy) is 1. The van der Waals surface area contributed by atoms with Crippen molar-refractivity contribution in [2.24, 2.45) is 0 Å². The van der Waals surface area contributed by atoms with Crippen LogP contribution >= 0.6 is 0 Å². The fourth-order valence-electron chi connectivity index (χ4n) is 2.90. The van der Waals surface area contributed by atoms with Gasteiger partial charge in [-0.25, -0.2) is 9.78 Å². The Hall–Kier alpha value is -3.94. The Bertz CT molecular complexity index is 1050. The van der Waals surface area contributed by atoms with Crippen LogP contribution in [0.1, 0.15) is 20.8 Å². The molecule has 0 atom stereocenters. The molecule has 30 heavy (non-hydrogen) atoms. The van der Waals surface area contributed by atoms with Crippen molar-refractivity contribution in [2.45, 2.75) is 26.3 Å². The fourth-order valence-corrected chi connectivity index (χ4v) is 2.90. The van der Waals surface area contributed by atoms with Crippen LogP contribution in [0.25, 0.3) is 0 Å². The van der Waals surface area contributed by atoms with Crippen LogP contribution in [0.4, 0.5) is 27.5 Å². The maximum Gasteiger partial charge on any atom is 0.412 e. The van der Waals surface area contributed by atoms with Crippen molar-refractivity contribution in [1.29, 1.82) is 0 Å². The quantitative estimate of drug-likeness (QED) is 0.429. The lowest BCUT2D eigenvalue weighted by atomic mass is 10.1. The van der Waals surface area contributed by atoms with Crippen molar-refractivity contribution in [1.82, 2.24) is 4.98 Å². The predicted octanol–water partition coefficient (Wildman–Crippen LogP) is 5.19. The number of amides is 1. The molecule has 2 aromatic carbocycles. The summed E-state index contributed by atoms with van der Waals surface area (Å²) in [7, 11) is 0. The van der Waals surface area contributed by atoms with Gasteiger partial charge in [-0.3, -0.25) is 4.90 Å². The summed E-state index contributed by atoms with van der Waals surface area (Å²) < 4.78 is 5.85. The lowest BCUT2D eigenvalue weighted by molar-refractivity contribution is 0.195. The SMILES string of the molecule is CC(C)(C)N(C(=O)O)c1cccc(Oc2cc(Nc3ccc(O)cc3)c(N)cn2)c1. The molecule has 1 heterocycles. The molecule has 5 N–H and O–H groups in total. The number of phenolic OH excluding ortho intramolecular Hbond substituents is 1. The number of carboxylic acid groups (broad SMARTS) is 1. The highest BCUT2D eigenvalue weighted by atomic mass is 16.5. The lowest BCUT2D eigenvalue weighted by Gasteiger charge is -2.33. The van der Waals surface area contributed by atoms with E-state index in [1.54, 1.807) is 54.6 Å². The Morgan fingerprint density at radius 1 is 1.13 bits per heavy atom. The van der Waals surface area contributed by atoms with Crippen molar-refractivity contribution in [3.05, 3.63) is 60.8 Å². The third-order valence-corrected chi connectivity index (χ3v) is 4.22. The van der Waals surface area contributed by atoms with Crippen molar-refractivity contribution < 1.29 is 19.7 Å². The highest BCUT2D eigenvalue weighted by molar-refractivity contribution is 5.87. The molecule has 0 unspecified atom stereocenters. The number of nitrogens with one attached hydrogen (secondary N) is 1. The number of hydrogen-bond acceptors (Lipinski definition) is 6. The number of rotatable bonds is 5. The number of anilines is 4. The first kappa shape index (κ1) is 20.8. The zero-order chi connectivity index (χ0) is 21.9. The molecule has 1 aromatic heterocycles. The van der Waals surface area contributed by atoms with Crippen molar-refractivity contribution in [3.63, 3.8) is 0 Å². The van der Waals surface area contributed by atoms with E-state index < -0.39 is 11.6 Å². The molecule has 3 aromatic rings. The molecule has 0 saturated heterocycles. The number of carbonyl (C=O) groups is 1. The number of nitrogen functional groups attached to an aromatic ring is 1. The van der Waals surface area contributed by atoms with Gasteiger partial charge in [-0.1, -0.05) is 6.07 Å². The van der Waals surface area contributed by atoms with Gasteiger partial charge in [0.2, 0.25) is 5.88 Å². The van der Waals surface area contributed by atoms with E-state index in [0.717, 1.165) is 5.69 Å². The first-order valence-electron chi connectivity index (χ1n) is 9.26. The summed E-state index contributed by atoms with van der Waals surface area (Å²) in [5.41, 5.74) is 7.62. The van der Waals surface area contributed by atoms with Gasteiger partial charge in [-0.15, -0.1) is 0 Å². The number of aromatic hydroxyl groups is 1. The second kappa shape index (κ2) is 8.20. The van der Waals surface area contributed by atoms with Gasteiger partial charge in [-0.05, 0) is 57.2 Å². The second-order valence-electron chi connectivity index (χ2n) is 7.67. The zero-order valence-corrected chi connectivity index (χ0v) is 17.0. The Balaban J connectivity index is 1.84. The minimum Gasteiger partial charge on any atom is -0.508 e. The van der Waals surface area contributed by atoms with Gasteiger partial charge in [0.05, 0.1) is 23.3 Å². The number of nitrogens with zero attached hydrogens (tertiary/aromatic N) is 2. The second-order valence-corrected chi connectivity index (χ2v) is 7.67. The third kappa shape index (κ3) is 4.91. The van der Waals surface area contributed by atoms with Crippen LogP contribution in [-0.2, 0) is 0 Å². The normalized spacial score (nSPS) is 11.0. The maximum absolute atomic E-state index is 11.7. The van der Waals surface area contributed by atoms with E-state index in [0.29, 0.717) is 28.7 Å². The molecule has 1 amide bonds. The van der Waals surface area contributed by atoms with E-state index in [2.05, 4.69) is 10.3 Å². The Kier molecular flexibility index (Phi) is 5.68. The van der Waals surface area contributed by atoms with E-state index in [4.69, 9.17) is 10.5 Å². The minimum atomic E-state index is -1.05. The summed E-state index contributed by atoms with van der Waals surface area (Å²) in [6.45, 7) is 5.45. The average Bonchev–Trinajstić information content (AvgIpc) is 2.65. The number of nitrogens with two attached hydrogens (primary N) is 1. The predicted molar refractivity (Wildman–Crippen MR) is 117 cm³/mol. The monoisotopic (exact) mass is 408 g/mol. The van der Waals surface area contributed by atoms with Crippen LogP contribution in [0.5, 0.6) is 17.4 Å². The summed E-state index contributed by atoms with van der Waals surface area (Å²) in [5, 5.41) is 22.2. The molecule has 0 bridgehead atoms. The number of pyridine rings is 1. The topological polar surface area (TPSA) is 121 Å². The van der Waals surface area contributed by atoms with Crippen LogP contribution in [0.2, 0.25) is 0 Å². The minimum absolute atomic E-state index is 0.165. The van der Waals surface area contributed by atoms with Gasteiger partial charge in [0.15, 0.2) is 0 Å². The summed E-state index contributed by atoms with van der Waals surface area (Å²) >= 11 is 0. The number of benzene rings is 2. The van der Waals surface area contributed by atoms with E-state index in [-0.39, 0.29) is 5.75 Å². The van der Waals surface area contributed by atoms with E-state index in [1.165, 1.54) is 11.1 Å². The molecular formula is C22H24N4O4. The Morgan fingerprint density at radius 2 is 1.83 bits per heavy atom. The van der Waals surface area contributed by atoms with E-state index in [1.807, 2.05) is 20.8 Å². The van der Waals surface area contributed by atoms with Crippen LogP contribution in [0.15, 0.2) is 60.8 Å². The van der Waals surface area contributed by atoms with E-state index >= 15 is 0 Å². The van der Waals surface area contributed by atoms with Gasteiger partial charge in [-0.2, -0.15) is 0 Å². The first-order valence-corrected chi connectivity index (χ1v) is 9.26. The average molecular weight is 408 g/mol. The van der Waals surface area contributed by atoms with Gasteiger partial charge in [0.25, 0.3) is 0 Å². The third-order valence-electron chi connectivity index (χ3n) is 4.22. The molecule has 0 aliphatic heterocycles.